The summed E-state index contributed by atoms with van der Waals surface area (Å²) >= 11 is 0. The number of hydrogen-bond acceptors (Lipinski definition) is 3. The Morgan fingerprint density at radius 2 is 1.20 bits per heavy atom. The maximum atomic E-state index is 6.56. The summed E-state index contributed by atoms with van der Waals surface area (Å²) in [5, 5.41) is 8.14. The smallest absolute Gasteiger partial charge is 0.235 e. The van der Waals surface area contributed by atoms with Crippen LogP contribution in [0.2, 0.25) is 0 Å². The molecule has 0 radical (unpaired) electrons. The first-order valence-corrected chi connectivity index (χ1v) is 16.9. The predicted molar refractivity (Wildman–Crippen MR) is 202 cm³/mol. The summed E-state index contributed by atoms with van der Waals surface area (Å²) in [6.45, 7) is 4.73. The number of rotatable bonds is 2. The fourth-order valence-electron chi connectivity index (χ4n) is 8.72. The SMILES string of the molecule is CC1(C)c2ccccc2-c2c1c1ccccc1c1c3ccccc3n(-c3nc(-c4cccc5c4oc4ccccc45)c4ccccc4n3)c21. The second kappa shape index (κ2) is 9.42. The van der Waals surface area contributed by atoms with E-state index in [0.717, 1.165) is 55.1 Å². The summed E-state index contributed by atoms with van der Waals surface area (Å²) in [7, 11) is 0. The molecule has 3 heterocycles. The van der Waals surface area contributed by atoms with Gasteiger partial charge in [-0.05, 0) is 51.7 Å². The number of para-hydroxylation sites is 4. The first-order valence-electron chi connectivity index (χ1n) is 16.9. The number of benzene rings is 7. The summed E-state index contributed by atoms with van der Waals surface area (Å²) in [6.07, 6.45) is 0. The second-order valence-corrected chi connectivity index (χ2v) is 13.7. The summed E-state index contributed by atoms with van der Waals surface area (Å²) in [4.78, 5) is 10.9. The Morgan fingerprint density at radius 1 is 0.551 bits per heavy atom. The highest BCUT2D eigenvalue weighted by Gasteiger charge is 2.40. The average Bonchev–Trinajstić information content (AvgIpc) is 3.77. The van der Waals surface area contributed by atoms with Gasteiger partial charge in [-0.1, -0.05) is 129 Å². The first-order chi connectivity index (χ1) is 24.1. The van der Waals surface area contributed by atoms with Crippen molar-refractivity contribution in [1.29, 1.82) is 0 Å². The minimum atomic E-state index is -0.187. The second-order valence-electron chi connectivity index (χ2n) is 13.7. The zero-order valence-corrected chi connectivity index (χ0v) is 27.0. The molecule has 0 atom stereocenters. The monoisotopic (exact) mass is 627 g/mol. The minimum absolute atomic E-state index is 0.187. The third kappa shape index (κ3) is 3.42. The molecule has 7 aromatic carbocycles. The van der Waals surface area contributed by atoms with E-state index in [0.29, 0.717) is 5.95 Å². The summed E-state index contributed by atoms with van der Waals surface area (Å²) < 4.78 is 8.88. The van der Waals surface area contributed by atoms with Gasteiger partial charge < -0.3 is 4.42 Å². The van der Waals surface area contributed by atoms with E-state index in [9.17, 15) is 0 Å². The van der Waals surface area contributed by atoms with Crippen LogP contribution in [0.15, 0.2) is 144 Å². The molecule has 0 bridgehead atoms. The van der Waals surface area contributed by atoms with E-state index in [2.05, 4.69) is 146 Å². The lowest BCUT2D eigenvalue weighted by atomic mass is 9.79. The summed E-state index contributed by atoms with van der Waals surface area (Å²) in [5.41, 5.74) is 11.7. The van der Waals surface area contributed by atoms with Crippen molar-refractivity contribution < 1.29 is 4.42 Å². The quantitative estimate of drug-likeness (QED) is 0.192. The molecule has 230 valence electrons. The molecular formula is C45H29N3O. The average molecular weight is 628 g/mol. The van der Waals surface area contributed by atoms with Crippen LogP contribution in [0.4, 0.5) is 0 Å². The number of furan rings is 1. The zero-order valence-electron chi connectivity index (χ0n) is 27.0. The van der Waals surface area contributed by atoms with Crippen molar-refractivity contribution in [2.24, 2.45) is 0 Å². The highest BCUT2D eigenvalue weighted by Crippen LogP contribution is 2.56. The van der Waals surface area contributed by atoms with E-state index >= 15 is 0 Å². The molecule has 1 aliphatic carbocycles. The van der Waals surface area contributed by atoms with Gasteiger partial charge in [0.05, 0.1) is 22.2 Å². The van der Waals surface area contributed by atoms with Crippen molar-refractivity contribution in [3.8, 4) is 28.3 Å². The van der Waals surface area contributed by atoms with E-state index in [1.54, 1.807) is 0 Å². The lowest BCUT2D eigenvalue weighted by molar-refractivity contribution is 0.666. The maximum Gasteiger partial charge on any atom is 0.235 e. The molecule has 10 aromatic rings. The van der Waals surface area contributed by atoms with Crippen molar-refractivity contribution in [3.05, 3.63) is 151 Å². The Hall–Kier alpha value is -6.26. The van der Waals surface area contributed by atoms with Gasteiger partial charge in [-0.2, -0.15) is 0 Å². The zero-order chi connectivity index (χ0) is 32.4. The minimum Gasteiger partial charge on any atom is -0.455 e. The van der Waals surface area contributed by atoms with Gasteiger partial charge in [0.15, 0.2) is 0 Å². The normalized spacial score (nSPS) is 13.7. The van der Waals surface area contributed by atoms with Crippen LogP contribution >= 0.6 is 0 Å². The van der Waals surface area contributed by atoms with Gasteiger partial charge in [0.1, 0.15) is 11.2 Å². The fourth-order valence-corrected chi connectivity index (χ4v) is 8.72. The standard InChI is InChI=1S/C45H29N3O/c1-45(2)34-22-9-5-17-30(34)39-40(45)28-16-4-3-15-27(28)38-32-19-7-11-24-36(32)48(42(38)39)44-46-35-23-10-6-18-31(35)41(47-44)33-21-13-20-29-26-14-8-12-25-37(26)49-43(29)33/h3-25H,1-2H3. The van der Waals surface area contributed by atoms with Crippen LogP contribution in [-0.2, 0) is 5.41 Å². The van der Waals surface area contributed by atoms with E-state index in [4.69, 9.17) is 14.4 Å². The van der Waals surface area contributed by atoms with E-state index in [-0.39, 0.29) is 5.41 Å². The number of nitrogens with zero attached hydrogens (tertiary/aromatic N) is 3. The molecule has 3 aromatic heterocycles. The Morgan fingerprint density at radius 3 is 2.08 bits per heavy atom. The van der Waals surface area contributed by atoms with Gasteiger partial charge in [-0.3, -0.25) is 4.57 Å². The molecule has 0 unspecified atom stereocenters. The number of aromatic nitrogens is 3. The Kier molecular flexibility index (Phi) is 5.15. The molecule has 0 amide bonds. The topological polar surface area (TPSA) is 43.9 Å². The van der Waals surface area contributed by atoms with Crippen molar-refractivity contribution >= 4 is 65.4 Å². The van der Waals surface area contributed by atoms with Gasteiger partial charge in [0.2, 0.25) is 5.95 Å². The van der Waals surface area contributed by atoms with Crippen LogP contribution in [0.1, 0.15) is 25.0 Å². The molecule has 0 saturated carbocycles. The molecule has 4 heteroatoms. The molecule has 0 saturated heterocycles. The summed E-state index contributed by atoms with van der Waals surface area (Å²) in [5.74, 6) is 0.646. The van der Waals surface area contributed by atoms with Crippen LogP contribution in [-0.4, -0.2) is 14.5 Å². The van der Waals surface area contributed by atoms with Crippen LogP contribution in [0, 0.1) is 0 Å². The molecule has 11 rings (SSSR count). The number of fused-ring (bicyclic) bond motifs is 14. The van der Waals surface area contributed by atoms with Gasteiger partial charge in [0.25, 0.3) is 0 Å². The maximum absolute atomic E-state index is 6.56. The van der Waals surface area contributed by atoms with Crippen LogP contribution < -0.4 is 0 Å². The fraction of sp³-hybridized carbons (Fsp3) is 0.0667. The highest BCUT2D eigenvalue weighted by atomic mass is 16.3. The molecule has 0 spiro atoms. The van der Waals surface area contributed by atoms with Crippen molar-refractivity contribution in [2.75, 3.05) is 0 Å². The largest absolute Gasteiger partial charge is 0.455 e. The van der Waals surface area contributed by atoms with Crippen LogP contribution in [0.3, 0.4) is 0 Å². The molecule has 1 aliphatic rings. The third-order valence-corrected chi connectivity index (χ3v) is 10.8. The molecule has 49 heavy (non-hydrogen) atoms. The van der Waals surface area contributed by atoms with Gasteiger partial charge in [0, 0.05) is 43.5 Å². The first kappa shape index (κ1) is 26.8. The highest BCUT2D eigenvalue weighted by molar-refractivity contribution is 6.27. The van der Waals surface area contributed by atoms with Gasteiger partial charge in [-0.25, -0.2) is 9.97 Å². The predicted octanol–water partition coefficient (Wildman–Crippen LogP) is 11.8. The Balaban J connectivity index is 1.34. The van der Waals surface area contributed by atoms with E-state index < -0.39 is 0 Å². The summed E-state index contributed by atoms with van der Waals surface area (Å²) in [6, 6.07) is 49.5. The lowest BCUT2D eigenvalue weighted by Crippen LogP contribution is -2.15. The molecular weight excluding hydrogens is 599 g/mol. The van der Waals surface area contributed by atoms with E-state index in [1.165, 1.54) is 43.8 Å². The van der Waals surface area contributed by atoms with Gasteiger partial charge >= 0.3 is 0 Å². The molecule has 0 N–H and O–H groups in total. The lowest BCUT2D eigenvalue weighted by Gasteiger charge is -2.23. The van der Waals surface area contributed by atoms with Crippen molar-refractivity contribution in [3.63, 3.8) is 0 Å². The van der Waals surface area contributed by atoms with Crippen LogP contribution in [0.25, 0.3) is 93.8 Å². The van der Waals surface area contributed by atoms with Gasteiger partial charge in [-0.15, -0.1) is 0 Å². The van der Waals surface area contributed by atoms with Crippen LogP contribution in [0.5, 0.6) is 0 Å². The Labute approximate surface area is 281 Å². The van der Waals surface area contributed by atoms with Crippen molar-refractivity contribution in [2.45, 2.75) is 19.3 Å². The Bertz CT molecular complexity index is 3030. The third-order valence-electron chi connectivity index (χ3n) is 10.8. The molecule has 0 aliphatic heterocycles. The molecule has 4 nitrogen and oxygen atoms in total. The van der Waals surface area contributed by atoms with Crippen molar-refractivity contribution in [1.82, 2.24) is 14.5 Å². The number of hydrogen-bond donors (Lipinski definition) is 0. The molecule has 0 fully saturated rings. The van der Waals surface area contributed by atoms with E-state index in [1.807, 2.05) is 12.1 Å².